The second-order valence-electron chi connectivity index (χ2n) is 8.72. The van der Waals surface area contributed by atoms with Crippen LogP contribution in [0.25, 0.3) is 5.69 Å². The minimum atomic E-state index is -0.165. The monoisotopic (exact) mass is 436 g/mol. The molecule has 3 aliphatic heterocycles. The zero-order chi connectivity index (χ0) is 21.0. The van der Waals surface area contributed by atoms with Crippen molar-refractivity contribution in [2.75, 3.05) is 25.1 Å². The normalized spacial score (nSPS) is 21.5. The first-order valence-electron chi connectivity index (χ1n) is 10.9. The van der Waals surface area contributed by atoms with Gasteiger partial charge in [-0.1, -0.05) is 35.9 Å². The zero-order valence-corrected chi connectivity index (χ0v) is 18.3. The van der Waals surface area contributed by atoms with E-state index in [0.717, 1.165) is 61.3 Å². The Morgan fingerprint density at radius 3 is 2.74 bits per heavy atom. The van der Waals surface area contributed by atoms with Crippen LogP contribution in [0, 0.1) is 0 Å². The first-order chi connectivity index (χ1) is 15.2. The quantitative estimate of drug-likeness (QED) is 0.606. The highest BCUT2D eigenvalue weighted by Gasteiger charge is 2.43. The Labute approximate surface area is 186 Å². The van der Waals surface area contributed by atoms with E-state index >= 15 is 0 Å². The molecule has 6 nitrogen and oxygen atoms in total. The molecule has 0 aliphatic carbocycles. The molecular weight excluding hydrogens is 412 g/mol. The SMILES string of the molecule is COC1Cc2cc(Cl)ccc2-n2c(nnc2N2CCC3(CC2)OCc2ccccc23)C1. The highest BCUT2D eigenvalue weighted by atomic mass is 35.5. The average Bonchev–Trinajstić information content (AvgIpc) is 3.32. The summed E-state index contributed by atoms with van der Waals surface area (Å²) in [7, 11) is 1.76. The van der Waals surface area contributed by atoms with Gasteiger partial charge in [0.25, 0.3) is 0 Å². The van der Waals surface area contributed by atoms with Crippen molar-refractivity contribution in [2.45, 2.75) is 44.0 Å². The van der Waals surface area contributed by atoms with E-state index in [1.165, 1.54) is 16.7 Å². The summed E-state index contributed by atoms with van der Waals surface area (Å²) in [4.78, 5) is 2.34. The van der Waals surface area contributed by atoms with Gasteiger partial charge in [-0.15, -0.1) is 10.2 Å². The molecule has 1 saturated heterocycles. The fourth-order valence-electron chi connectivity index (χ4n) is 5.38. The number of aromatic nitrogens is 3. The van der Waals surface area contributed by atoms with Gasteiger partial charge in [0.15, 0.2) is 0 Å². The number of halogens is 1. The number of fused-ring (bicyclic) bond motifs is 5. The van der Waals surface area contributed by atoms with Crippen LogP contribution in [0.1, 0.15) is 35.4 Å². The maximum Gasteiger partial charge on any atom is 0.231 e. The van der Waals surface area contributed by atoms with Crippen LogP contribution in [-0.2, 0) is 34.5 Å². The van der Waals surface area contributed by atoms with Gasteiger partial charge in [-0.2, -0.15) is 0 Å². The van der Waals surface area contributed by atoms with Crippen LogP contribution in [-0.4, -0.2) is 41.1 Å². The Bertz CT molecular complexity index is 1140. The number of anilines is 1. The number of benzene rings is 2. The summed E-state index contributed by atoms with van der Waals surface area (Å²) in [6.45, 7) is 2.47. The third-order valence-electron chi connectivity index (χ3n) is 7.05. The standard InChI is InChI=1S/C24H25ClN4O2/c1-30-19-13-17-12-18(25)6-7-21(17)29-22(14-19)26-27-23(29)28-10-8-24(9-11-28)20-5-3-2-4-16(20)15-31-24/h2-7,12,19H,8-11,13-15H2,1H3. The Balaban J connectivity index is 1.34. The molecular formula is C24H25ClN4O2. The van der Waals surface area contributed by atoms with Crippen LogP contribution < -0.4 is 4.90 Å². The minimum absolute atomic E-state index is 0.0588. The number of piperidine rings is 1. The molecule has 3 aliphatic rings. The molecule has 1 aromatic heterocycles. The summed E-state index contributed by atoms with van der Waals surface area (Å²) in [5.74, 6) is 1.84. The summed E-state index contributed by atoms with van der Waals surface area (Å²) in [6.07, 6.45) is 3.48. The molecule has 160 valence electrons. The number of ether oxygens (including phenoxy) is 2. The van der Waals surface area contributed by atoms with E-state index in [-0.39, 0.29) is 11.7 Å². The molecule has 2 aromatic carbocycles. The second kappa shape index (κ2) is 7.33. The summed E-state index contributed by atoms with van der Waals surface area (Å²) in [5, 5.41) is 9.92. The zero-order valence-electron chi connectivity index (χ0n) is 17.6. The first kappa shape index (κ1) is 19.3. The van der Waals surface area contributed by atoms with Crippen molar-refractivity contribution >= 4 is 17.5 Å². The molecule has 0 bridgehead atoms. The van der Waals surface area contributed by atoms with E-state index < -0.39 is 0 Å². The summed E-state index contributed by atoms with van der Waals surface area (Å²) in [5.41, 5.74) is 4.78. The number of nitrogens with zero attached hydrogens (tertiary/aromatic N) is 4. The van der Waals surface area contributed by atoms with Crippen molar-refractivity contribution in [2.24, 2.45) is 0 Å². The molecule has 6 rings (SSSR count). The topological polar surface area (TPSA) is 52.4 Å². The average molecular weight is 437 g/mol. The Kier molecular flexibility index (Phi) is 4.56. The van der Waals surface area contributed by atoms with Gasteiger partial charge >= 0.3 is 0 Å². The van der Waals surface area contributed by atoms with Crippen molar-refractivity contribution in [3.05, 3.63) is 70.0 Å². The van der Waals surface area contributed by atoms with E-state index in [1.54, 1.807) is 7.11 Å². The molecule has 0 saturated carbocycles. The molecule has 1 fully saturated rings. The first-order valence-corrected chi connectivity index (χ1v) is 11.3. The van der Waals surface area contributed by atoms with Crippen LogP contribution in [0.2, 0.25) is 5.02 Å². The van der Waals surface area contributed by atoms with Gasteiger partial charge in [-0.3, -0.25) is 4.57 Å². The fraction of sp³-hybridized carbons (Fsp3) is 0.417. The van der Waals surface area contributed by atoms with Gasteiger partial charge in [0, 0.05) is 38.1 Å². The lowest BCUT2D eigenvalue weighted by atomic mass is 9.84. The summed E-state index contributed by atoms with van der Waals surface area (Å²) >= 11 is 6.32. The number of methoxy groups -OCH3 is 1. The van der Waals surface area contributed by atoms with Gasteiger partial charge in [0.1, 0.15) is 5.82 Å². The van der Waals surface area contributed by atoms with Crippen molar-refractivity contribution in [3.63, 3.8) is 0 Å². The van der Waals surface area contributed by atoms with Crippen LogP contribution in [0.15, 0.2) is 42.5 Å². The molecule has 1 atom stereocenters. The molecule has 4 heterocycles. The molecule has 1 unspecified atom stereocenters. The molecule has 1 spiro atoms. The van der Waals surface area contributed by atoms with Gasteiger partial charge < -0.3 is 14.4 Å². The van der Waals surface area contributed by atoms with Crippen LogP contribution >= 0.6 is 11.6 Å². The second-order valence-corrected chi connectivity index (χ2v) is 9.15. The van der Waals surface area contributed by atoms with Gasteiger partial charge in [0.05, 0.1) is 24.0 Å². The maximum atomic E-state index is 6.35. The van der Waals surface area contributed by atoms with Crippen molar-refractivity contribution in [1.29, 1.82) is 0 Å². The smallest absolute Gasteiger partial charge is 0.231 e. The lowest BCUT2D eigenvalue weighted by Crippen LogP contribution is -2.43. The van der Waals surface area contributed by atoms with Crippen LogP contribution in [0.3, 0.4) is 0 Å². The van der Waals surface area contributed by atoms with E-state index in [2.05, 4.69) is 50.0 Å². The summed E-state index contributed by atoms with van der Waals surface area (Å²) in [6, 6.07) is 14.7. The Hall–Kier alpha value is -2.41. The molecule has 3 aromatic rings. The van der Waals surface area contributed by atoms with Crippen LogP contribution in [0.5, 0.6) is 0 Å². The van der Waals surface area contributed by atoms with E-state index in [0.29, 0.717) is 6.61 Å². The van der Waals surface area contributed by atoms with Crippen molar-refractivity contribution in [1.82, 2.24) is 14.8 Å². The number of hydrogen-bond donors (Lipinski definition) is 0. The summed E-state index contributed by atoms with van der Waals surface area (Å²) < 4.78 is 14.3. The third-order valence-corrected chi connectivity index (χ3v) is 7.29. The predicted molar refractivity (Wildman–Crippen MR) is 119 cm³/mol. The minimum Gasteiger partial charge on any atom is -0.381 e. The molecule has 0 radical (unpaired) electrons. The Morgan fingerprint density at radius 2 is 1.90 bits per heavy atom. The van der Waals surface area contributed by atoms with Crippen molar-refractivity contribution < 1.29 is 9.47 Å². The third kappa shape index (κ3) is 3.08. The number of hydrogen-bond acceptors (Lipinski definition) is 5. The Morgan fingerprint density at radius 1 is 1.06 bits per heavy atom. The largest absolute Gasteiger partial charge is 0.381 e. The molecule has 7 heteroatoms. The molecule has 0 amide bonds. The van der Waals surface area contributed by atoms with Gasteiger partial charge in [-0.05, 0) is 47.7 Å². The van der Waals surface area contributed by atoms with E-state index in [4.69, 9.17) is 21.1 Å². The van der Waals surface area contributed by atoms with Gasteiger partial charge in [-0.25, -0.2) is 0 Å². The number of rotatable bonds is 2. The van der Waals surface area contributed by atoms with E-state index in [9.17, 15) is 0 Å². The van der Waals surface area contributed by atoms with E-state index in [1.807, 2.05) is 12.1 Å². The maximum absolute atomic E-state index is 6.35. The van der Waals surface area contributed by atoms with Gasteiger partial charge in [0.2, 0.25) is 5.95 Å². The molecule has 31 heavy (non-hydrogen) atoms. The fourth-order valence-corrected chi connectivity index (χ4v) is 5.57. The van der Waals surface area contributed by atoms with Crippen molar-refractivity contribution in [3.8, 4) is 5.69 Å². The lowest BCUT2D eigenvalue weighted by molar-refractivity contribution is -0.0553. The lowest BCUT2D eigenvalue weighted by Gasteiger charge is -2.39. The van der Waals surface area contributed by atoms with Crippen LogP contribution in [0.4, 0.5) is 5.95 Å². The highest BCUT2D eigenvalue weighted by molar-refractivity contribution is 6.30. The molecule has 0 N–H and O–H groups in total. The predicted octanol–water partition coefficient (Wildman–Crippen LogP) is 4.06. The highest BCUT2D eigenvalue weighted by Crippen LogP contribution is 2.44.